The Bertz CT molecular complexity index is 888. The second-order valence-electron chi connectivity index (χ2n) is 6.20. The van der Waals surface area contributed by atoms with E-state index in [0.29, 0.717) is 13.2 Å². The molecule has 0 radical (unpaired) electrons. The van der Waals surface area contributed by atoms with E-state index in [1.165, 1.54) is 12.1 Å². The molecule has 0 saturated carbocycles. The molecule has 28 heavy (non-hydrogen) atoms. The van der Waals surface area contributed by atoms with Gasteiger partial charge in [-0.25, -0.2) is 4.79 Å². The van der Waals surface area contributed by atoms with Crippen LogP contribution in [0.25, 0.3) is 6.08 Å². The van der Waals surface area contributed by atoms with E-state index in [4.69, 9.17) is 9.47 Å². The summed E-state index contributed by atoms with van der Waals surface area (Å²) in [6.45, 7) is 2.87. The summed E-state index contributed by atoms with van der Waals surface area (Å²) in [7, 11) is 1.63. The van der Waals surface area contributed by atoms with Gasteiger partial charge >= 0.3 is 5.97 Å². The fraction of sp³-hybridized carbons (Fsp3) is 0.238. The fourth-order valence-corrected chi connectivity index (χ4v) is 2.99. The van der Waals surface area contributed by atoms with Crippen LogP contribution in [0.3, 0.4) is 0 Å². The van der Waals surface area contributed by atoms with Gasteiger partial charge in [0.25, 0.3) is 0 Å². The predicted molar refractivity (Wildman–Crippen MR) is 107 cm³/mol. The molecular formula is C21H22N2O5. The van der Waals surface area contributed by atoms with Crippen LogP contribution >= 0.6 is 0 Å². The van der Waals surface area contributed by atoms with Gasteiger partial charge < -0.3 is 24.8 Å². The van der Waals surface area contributed by atoms with Crippen molar-refractivity contribution in [1.82, 2.24) is 0 Å². The number of benzene rings is 2. The van der Waals surface area contributed by atoms with E-state index in [-0.39, 0.29) is 11.3 Å². The largest absolute Gasteiger partial charge is 0.495 e. The van der Waals surface area contributed by atoms with Gasteiger partial charge in [0, 0.05) is 19.2 Å². The number of rotatable bonds is 6. The summed E-state index contributed by atoms with van der Waals surface area (Å²) in [6.07, 6.45) is 3.06. The van der Waals surface area contributed by atoms with Gasteiger partial charge in [-0.15, -0.1) is 0 Å². The van der Waals surface area contributed by atoms with E-state index in [0.717, 1.165) is 30.1 Å². The zero-order chi connectivity index (χ0) is 19.9. The van der Waals surface area contributed by atoms with Gasteiger partial charge in [-0.3, -0.25) is 4.79 Å². The molecule has 7 heteroatoms. The summed E-state index contributed by atoms with van der Waals surface area (Å²) in [5.41, 5.74) is 2.09. The zero-order valence-electron chi connectivity index (χ0n) is 15.6. The van der Waals surface area contributed by atoms with Gasteiger partial charge in [-0.2, -0.15) is 0 Å². The number of ether oxygens (including phenoxy) is 2. The lowest BCUT2D eigenvalue weighted by molar-refractivity contribution is -0.111. The number of para-hydroxylation sites is 1. The van der Waals surface area contributed by atoms with Crippen LogP contribution in [0.2, 0.25) is 0 Å². The van der Waals surface area contributed by atoms with Crippen LogP contribution in [-0.2, 0) is 9.53 Å². The number of carboxylic acids is 1. The Morgan fingerprint density at radius 1 is 1.18 bits per heavy atom. The highest BCUT2D eigenvalue weighted by Gasteiger charge is 2.16. The van der Waals surface area contributed by atoms with Crippen LogP contribution in [0.15, 0.2) is 48.5 Å². The Labute approximate surface area is 163 Å². The zero-order valence-corrected chi connectivity index (χ0v) is 15.6. The molecule has 2 aromatic rings. The maximum absolute atomic E-state index is 12.2. The van der Waals surface area contributed by atoms with Crippen LogP contribution in [0.5, 0.6) is 5.75 Å². The molecule has 1 saturated heterocycles. The lowest BCUT2D eigenvalue weighted by atomic mass is 10.1. The van der Waals surface area contributed by atoms with Gasteiger partial charge in [0.05, 0.1) is 37.3 Å². The number of amides is 1. The molecule has 0 unspecified atom stereocenters. The number of methoxy groups -OCH3 is 1. The average Bonchev–Trinajstić information content (AvgIpc) is 2.73. The lowest BCUT2D eigenvalue weighted by Gasteiger charge is -2.30. The Morgan fingerprint density at radius 2 is 1.93 bits per heavy atom. The number of morpholine rings is 1. The summed E-state index contributed by atoms with van der Waals surface area (Å²) >= 11 is 0. The third kappa shape index (κ3) is 4.69. The van der Waals surface area contributed by atoms with Gasteiger partial charge in [0.1, 0.15) is 5.75 Å². The number of hydrogen-bond donors (Lipinski definition) is 2. The maximum atomic E-state index is 12.2. The molecular weight excluding hydrogens is 360 g/mol. The summed E-state index contributed by atoms with van der Waals surface area (Å²) < 4.78 is 10.8. The summed E-state index contributed by atoms with van der Waals surface area (Å²) in [4.78, 5) is 25.6. The first-order chi connectivity index (χ1) is 13.6. The number of anilines is 2. The highest BCUT2D eigenvalue weighted by atomic mass is 16.5. The second kappa shape index (κ2) is 9.05. The molecule has 1 aliphatic rings. The number of aromatic carboxylic acids is 1. The van der Waals surface area contributed by atoms with Gasteiger partial charge in [-0.1, -0.05) is 18.2 Å². The molecule has 0 atom stereocenters. The summed E-state index contributed by atoms with van der Waals surface area (Å²) in [6, 6.07) is 12.0. The van der Waals surface area contributed by atoms with E-state index in [2.05, 4.69) is 10.2 Å². The van der Waals surface area contributed by atoms with E-state index < -0.39 is 11.9 Å². The molecule has 146 valence electrons. The van der Waals surface area contributed by atoms with E-state index >= 15 is 0 Å². The summed E-state index contributed by atoms with van der Waals surface area (Å²) in [5, 5.41) is 11.8. The maximum Gasteiger partial charge on any atom is 0.337 e. The van der Waals surface area contributed by atoms with Crippen molar-refractivity contribution in [3.8, 4) is 5.75 Å². The van der Waals surface area contributed by atoms with Crippen molar-refractivity contribution in [1.29, 1.82) is 0 Å². The van der Waals surface area contributed by atoms with Crippen molar-refractivity contribution in [2.75, 3.05) is 43.6 Å². The molecule has 2 aromatic carbocycles. The topological polar surface area (TPSA) is 88.1 Å². The molecule has 0 bridgehead atoms. The number of nitrogens with one attached hydrogen (secondary N) is 1. The SMILES string of the molecule is COc1ccc(/C=C/C(=O)Nc2ccccc2C(=O)O)cc1N1CCOCC1. The minimum Gasteiger partial charge on any atom is -0.495 e. The van der Waals surface area contributed by atoms with Crippen molar-refractivity contribution in [2.24, 2.45) is 0 Å². The number of carbonyl (C=O) groups excluding carboxylic acids is 1. The second-order valence-corrected chi connectivity index (χ2v) is 6.20. The number of carbonyl (C=O) groups is 2. The van der Waals surface area contributed by atoms with Gasteiger partial charge in [-0.05, 0) is 35.9 Å². The normalized spacial score (nSPS) is 14.1. The molecule has 3 rings (SSSR count). The van der Waals surface area contributed by atoms with Crippen LogP contribution < -0.4 is 15.0 Å². The van der Waals surface area contributed by atoms with Gasteiger partial charge in [0.2, 0.25) is 5.91 Å². The Balaban J connectivity index is 1.75. The highest BCUT2D eigenvalue weighted by Crippen LogP contribution is 2.30. The average molecular weight is 382 g/mol. The van der Waals surface area contributed by atoms with Crippen molar-refractivity contribution >= 4 is 29.3 Å². The number of nitrogens with zero attached hydrogens (tertiary/aromatic N) is 1. The van der Waals surface area contributed by atoms with E-state index in [1.807, 2.05) is 18.2 Å². The lowest BCUT2D eigenvalue weighted by Crippen LogP contribution is -2.36. The van der Waals surface area contributed by atoms with Crippen LogP contribution in [0.4, 0.5) is 11.4 Å². The standard InChI is InChI=1S/C21H22N2O5/c1-27-19-8-6-15(14-18(19)23-10-12-28-13-11-23)7-9-20(24)22-17-5-3-2-4-16(17)21(25)26/h2-9,14H,10-13H2,1H3,(H,22,24)(H,25,26)/b9-7+. The summed E-state index contributed by atoms with van der Waals surface area (Å²) in [5.74, 6) is -0.735. The molecule has 1 aliphatic heterocycles. The van der Waals surface area contributed by atoms with Gasteiger partial charge in [0.15, 0.2) is 0 Å². The number of hydrogen-bond acceptors (Lipinski definition) is 5. The van der Waals surface area contributed by atoms with E-state index in [9.17, 15) is 14.7 Å². The molecule has 2 N–H and O–H groups in total. The minimum atomic E-state index is -1.09. The molecule has 0 aromatic heterocycles. The monoisotopic (exact) mass is 382 g/mol. The third-order valence-corrected chi connectivity index (χ3v) is 4.40. The fourth-order valence-electron chi connectivity index (χ4n) is 2.99. The van der Waals surface area contributed by atoms with Crippen molar-refractivity contribution in [2.45, 2.75) is 0 Å². The molecule has 1 heterocycles. The minimum absolute atomic E-state index is 0.0447. The Kier molecular flexibility index (Phi) is 6.29. The van der Waals surface area contributed by atoms with Crippen LogP contribution in [0, 0.1) is 0 Å². The smallest absolute Gasteiger partial charge is 0.337 e. The first-order valence-corrected chi connectivity index (χ1v) is 8.90. The van der Waals surface area contributed by atoms with Crippen LogP contribution in [-0.4, -0.2) is 50.4 Å². The molecule has 1 amide bonds. The van der Waals surface area contributed by atoms with Crippen molar-refractivity contribution in [3.05, 3.63) is 59.7 Å². The molecule has 0 spiro atoms. The Morgan fingerprint density at radius 3 is 2.64 bits per heavy atom. The van der Waals surface area contributed by atoms with Crippen LogP contribution in [0.1, 0.15) is 15.9 Å². The number of carboxylic acid groups (broad SMARTS) is 1. The van der Waals surface area contributed by atoms with Crippen molar-refractivity contribution in [3.63, 3.8) is 0 Å². The first-order valence-electron chi connectivity index (χ1n) is 8.90. The first kappa shape index (κ1) is 19.4. The molecule has 1 fully saturated rings. The molecule has 7 nitrogen and oxygen atoms in total. The molecule has 0 aliphatic carbocycles. The highest BCUT2D eigenvalue weighted by molar-refractivity contribution is 6.06. The quantitative estimate of drug-likeness (QED) is 0.747. The predicted octanol–water partition coefficient (Wildman–Crippen LogP) is 2.88. The van der Waals surface area contributed by atoms with Crippen molar-refractivity contribution < 1.29 is 24.2 Å². The Hall–Kier alpha value is -3.32. The van der Waals surface area contributed by atoms with E-state index in [1.54, 1.807) is 31.4 Å². The third-order valence-electron chi connectivity index (χ3n) is 4.40.